The van der Waals surface area contributed by atoms with Crippen LogP contribution in [0.1, 0.15) is 37.5 Å². The number of rotatable bonds is 4. The Labute approximate surface area is 148 Å². The summed E-state index contributed by atoms with van der Waals surface area (Å²) in [6.07, 6.45) is 4.02. The summed E-state index contributed by atoms with van der Waals surface area (Å²) in [5.41, 5.74) is -0.249. The summed E-state index contributed by atoms with van der Waals surface area (Å²) < 4.78 is 0. The number of β-amino-alcohol motifs (C(OH)–C–C–N with tert-alkyl or cyclic N) is 1. The van der Waals surface area contributed by atoms with E-state index in [0.717, 1.165) is 51.9 Å². The number of thiophene rings is 1. The highest BCUT2D eigenvalue weighted by Gasteiger charge is 2.46. The van der Waals surface area contributed by atoms with Gasteiger partial charge in [-0.05, 0) is 31.2 Å². The van der Waals surface area contributed by atoms with Crippen LogP contribution in [0.15, 0.2) is 17.5 Å². The van der Waals surface area contributed by atoms with Gasteiger partial charge in [0, 0.05) is 37.6 Å². The summed E-state index contributed by atoms with van der Waals surface area (Å²) in [7, 11) is 0. The maximum absolute atomic E-state index is 13.2. The molecule has 1 aromatic heterocycles. The number of carbonyl (C=O) groups is 1. The third-order valence-electron chi connectivity index (χ3n) is 5.04. The molecule has 2 fully saturated rings. The first kappa shape index (κ1) is 18.7. The van der Waals surface area contributed by atoms with Crippen molar-refractivity contribution in [1.82, 2.24) is 9.80 Å². The van der Waals surface area contributed by atoms with Crippen molar-refractivity contribution in [3.05, 3.63) is 22.4 Å². The Kier molecular flexibility index (Phi) is 6.48. The van der Waals surface area contributed by atoms with Crippen molar-refractivity contribution in [2.45, 2.75) is 44.1 Å². The molecule has 1 amide bonds. The van der Waals surface area contributed by atoms with Crippen molar-refractivity contribution < 1.29 is 9.90 Å². The fourth-order valence-corrected chi connectivity index (χ4v) is 4.88. The van der Waals surface area contributed by atoms with Gasteiger partial charge in [-0.2, -0.15) is 0 Å². The van der Waals surface area contributed by atoms with Gasteiger partial charge in [0.2, 0.25) is 5.91 Å². The maximum Gasteiger partial charge on any atom is 0.234 e. The molecule has 130 valence electrons. The van der Waals surface area contributed by atoms with Crippen LogP contribution < -0.4 is 0 Å². The van der Waals surface area contributed by atoms with Crippen LogP contribution >= 0.6 is 23.7 Å². The lowest BCUT2D eigenvalue weighted by atomic mass is 9.82. The van der Waals surface area contributed by atoms with Crippen molar-refractivity contribution in [3.8, 4) is 0 Å². The molecule has 2 heterocycles. The number of halogens is 1. The fraction of sp³-hybridized carbons (Fsp3) is 0.706. The molecular formula is C17H27ClN2O2S. The Hall–Kier alpha value is -0.620. The minimum Gasteiger partial charge on any atom is -0.392 e. The number of hydrogen-bond donors (Lipinski definition) is 1. The van der Waals surface area contributed by atoms with Crippen molar-refractivity contribution in [2.75, 3.05) is 32.7 Å². The largest absolute Gasteiger partial charge is 0.392 e. The molecule has 0 bridgehead atoms. The van der Waals surface area contributed by atoms with E-state index in [2.05, 4.69) is 27.3 Å². The molecular weight excluding hydrogens is 332 g/mol. The zero-order chi connectivity index (χ0) is 15.6. The third-order valence-corrected chi connectivity index (χ3v) is 6.12. The molecule has 3 rings (SSSR count). The molecule has 1 unspecified atom stereocenters. The van der Waals surface area contributed by atoms with Gasteiger partial charge in [-0.3, -0.25) is 9.69 Å². The van der Waals surface area contributed by atoms with E-state index in [9.17, 15) is 9.90 Å². The first-order chi connectivity index (χ1) is 10.6. The number of hydrogen-bond acceptors (Lipinski definition) is 4. The second-order valence-corrected chi connectivity index (χ2v) is 7.66. The summed E-state index contributed by atoms with van der Waals surface area (Å²) in [5, 5.41) is 11.6. The zero-order valence-corrected chi connectivity index (χ0v) is 15.4. The van der Waals surface area contributed by atoms with Crippen LogP contribution in [-0.4, -0.2) is 59.6 Å². The van der Waals surface area contributed by atoms with Gasteiger partial charge in [0.1, 0.15) is 0 Å². The smallest absolute Gasteiger partial charge is 0.234 e. The minimum absolute atomic E-state index is 0. The highest BCUT2D eigenvalue weighted by molar-refractivity contribution is 7.10. The van der Waals surface area contributed by atoms with E-state index >= 15 is 0 Å². The number of nitrogens with zero attached hydrogens (tertiary/aromatic N) is 2. The lowest BCUT2D eigenvalue weighted by molar-refractivity contribution is -0.139. The maximum atomic E-state index is 13.2. The van der Waals surface area contributed by atoms with Gasteiger partial charge in [-0.25, -0.2) is 0 Å². The van der Waals surface area contributed by atoms with E-state index in [-0.39, 0.29) is 23.9 Å². The summed E-state index contributed by atoms with van der Waals surface area (Å²) >= 11 is 1.73. The molecule has 1 saturated heterocycles. The molecule has 1 N–H and O–H groups in total. The quantitative estimate of drug-likeness (QED) is 0.899. The molecule has 1 aliphatic carbocycles. The molecule has 1 atom stereocenters. The molecule has 4 nitrogen and oxygen atoms in total. The van der Waals surface area contributed by atoms with Gasteiger partial charge in [-0.15, -0.1) is 23.7 Å². The molecule has 1 aromatic rings. The SMILES string of the molecule is CC(O)CN1CCN(C(=O)C2(c3cccs3)CCCC2)CC1.Cl. The zero-order valence-electron chi connectivity index (χ0n) is 13.7. The molecule has 0 aromatic carbocycles. The van der Waals surface area contributed by atoms with Crippen LogP contribution in [0, 0.1) is 0 Å². The molecule has 23 heavy (non-hydrogen) atoms. The van der Waals surface area contributed by atoms with Crippen LogP contribution in [0.25, 0.3) is 0 Å². The van der Waals surface area contributed by atoms with Crippen LogP contribution in [0.3, 0.4) is 0 Å². The Morgan fingerprint density at radius 3 is 2.48 bits per heavy atom. The van der Waals surface area contributed by atoms with Crippen LogP contribution in [0.2, 0.25) is 0 Å². The second-order valence-electron chi connectivity index (χ2n) is 6.71. The van der Waals surface area contributed by atoms with Gasteiger partial charge >= 0.3 is 0 Å². The van der Waals surface area contributed by atoms with E-state index in [1.165, 1.54) is 4.88 Å². The predicted octanol–water partition coefficient (Wildman–Crippen LogP) is 2.51. The van der Waals surface area contributed by atoms with Gasteiger partial charge in [0.25, 0.3) is 0 Å². The molecule has 1 saturated carbocycles. The number of amides is 1. The summed E-state index contributed by atoms with van der Waals surface area (Å²) in [6, 6.07) is 4.20. The lowest BCUT2D eigenvalue weighted by Crippen LogP contribution is -2.54. The normalized spacial score (nSPS) is 22.6. The van der Waals surface area contributed by atoms with Crippen LogP contribution in [0.4, 0.5) is 0 Å². The summed E-state index contributed by atoms with van der Waals surface area (Å²) in [5.74, 6) is 0.337. The van der Waals surface area contributed by atoms with Gasteiger partial charge in [0.05, 0.1) is 11.5 Å². The Morgan fingerprint density at radius 2 is 1.96 bits per heavy atom. The third kappa shape index (κ3) is 3.90. The molecule has 6 heteroatoms. The predicted molar refractivity (Wildman–Crippen MR) is 96.4 cm³/mol. The minimum atomic E-state index is -0.297. The second kappa shape index (κ2) is 7.97. The Bertz CT molecular complexity index is 493. The lowest BCUT2D eigenvalue weighted by Gasteiger charge is -2.39. The van der Waals surface area contributed by atoms with Crippen molar-refractivity contribution in [1.29, 1.82) is 0 Å². The topological polar surface area (TPSA) is 43.8 Å². The molecule has 0 spiro atoms. The standard InChI is InChI=1S/C17H26N2O2S.ClH/c1-14(20)13-18-8-10-19(11-9-18)16(21)17(6-2-3-7-17)15-5-4-12-22-15;/h4-5,12,14,20H,2-3,6-11,13H2,1H3;1H. The monoisotopic (exact) mass is 358 g/mol. The van der Waals surface area contributed by atoms with E-state index in [1.807, 2.05) is 6.92 Å². The Morgan fingerprint density at radius 1 is 1.30 bits per heavy atom. The summed E-state index contributed by atoms with van der Waals surface area (Å²) in [4.78, 5) is 18.8. The van der Waals surface area contributed by atoms with Crippen LogP contribution in [0.5, 0.6) is 0 Å². The van der Waals surface area contributed by atoms with Crippen molar-refractivity contribution in [3.63, 3.8) is 0 Å². The fourth-order valence-electron chi connectivity index (χ4n) is 3.90. The molecule has 1 aliphatic heterocycles. The van der Waals surface area contributed by atoms with E-state index < -0.39 is 0 Å². The van der Waals surface area contributed by atoms with E-state index in [4.69, 9.17) is 0 Å². The van der Waals surface area contributed by atoms with Crippen LogP contribution in [-0.2, 0) is 10.2 Å². The first-order valence-electron chi connectivity index (χ1n) is 8.35. The van der Waals surface area contributed by atoms with Gasteiger partial charge < -0.3 is 10.0 Å². The van der Waals surface area contributed by atoms with E-state index in [1.54, 1.807) is 11.3 Å². The first-order valence-corrected chi connectivity index (χ1v) is 9.23. The highest BCUT2D eigenvalue weighted by Crippen LogP contribution is 2.44. The van der Waals surface area contributed by atoms with Crippen molar-refractivity contribution >= 4 is 29.7 Å². The summed E-state index contributed by atoms with van der Waals surface area (Å²) in [6.45, 7) is 5.85. The van der Waals surface area contributed by atoms with E-state index in [0.29, 0.717) is 12.5 Å². The Balaban J connectivity index is 0.00000192. The average molecular weight is 359 g/mol. The number of aliphatic hydroxyl groups is 1. The number of piperazine rings is 1. The molecule has 0 radical (unpaired) electrons. The van der Waals surface area contributed by atoms with Gasteiger partial charge in [-0.1, -0.05) is 18.9 Å². The van der Waals surface area contributed by atoms with Crippen molar-refractivity contribution in [2.24, 2.45) is 0 Å². The highest BCUT2D eigenvalue weighted by atomic mass is 35.5. The number of carbonyl (C=O) groups excluding carboxylic acids is 1. The average Bonchev–Trinajstić information content (AvgIpc) is 3.18. The number of aliphatic hydroxyl groups excluding tert-OH is 1. The molecule has 2 aliphatic rings. The van der Waals surface area contributed by atoms with Gasteiger partial charge in [0.15, 0.2) is 0 Å².